The molecule has 0 saturated heterocycles. The SMILES string of the molecule is Cc1cc2cc(c1F)[C@H](CC(=O)O)NC(=O)[C@H](n1ccc3occc3c1=O)c1cc(ccc1F)Oc1cccc(C)c1-2. The van der Waals surface area contributed by atoms with Gasteiger partial charge in [-0.2, -0.15) is 0 Å². The molecule has 212 valence electrons. The van der Waals surface area contributed by atoms with Gasteiger partial charge in [-0.3, -0.25) is 19.0 Å². The van der Waals surface area contributed by atoms with Crippen LogP contribution in [0.5, 0.6) is 11.5 Å². The number of furan rings is 1. The van der Waals surface area contributed by atoms with Crippen molar-refractivity contribution in [2.24, 2.45) is 0 Å². The van der Waals surface area contributed by atoms with Crippen LogP contribution >= 0.6 is 0 Å². The Morgan fingerprint density at radius 1 is 1.00 bits per heavy atom. The molecule has 0 spiro atoms. The highest BCUT2D eigenvalue weighted by molar-refractivity contribution is 5.86. The lowest BCUT2D eigenvalue weighted by Gasteiger charge is -2.25. The predicted octanol–water partition coefficient (Wildman–Crippen LogP) is 6.18. The zero-order chi connectivity index (χ0) is 29.7. The number of amides is 1. The average molecular weight is 571 g/mol. The molecule has 3 heterocycles. The summed E-state index contributed by atoms with van der Waals surface area (Å²) in [6.07, 6.45) is 1.93. The van der Waals surface area contributed by atoms with E-state index in [0.717, 1.165) is 16.2 Å². The molecule has 8 nitrogen and oxygen atoms in total. The maximum Gasteiger partial charge on any atom is 0.305 e. The second-order valence-corrected chi connectivity index (χ2v) is 10.2. The number of fused-ring (bicyclic) bond motifs is 7. The van der Waals surface area contributed by atoms with Crippen molar-refractivity contribution in [1.82, 2.24) is 9.88 Å². The summed E-state index contributed by atoms with van der Waals surface area (Å²) in [5.74, 6) is -3.15. The van der Waals surface area contributed by atoms with Crippen LogP contribution in [0.3, 0.4) is 0 Å². The molecule has 3 aromatic carbocycles. The molecule has 4 bridgehead atoms. The number of carboxylic acids is 1. The van der Waals surface area contributed by atoms with Gasteiger partial charge < -0.3 is 19.6 Å². The van der Waals surface area contributed by atoms with Crippen molar-refractivity contribution >= 4 is 22.8 Å². The highest BCUT2D eigenvalue weighted by atomic mass is 19.1. The van der Waals surface area contributed by atoms with E-state index in [0.29, 0.717) is 16.9 Å². The average Bonchev–Trinajstić information content (AvgIpc) is 3.42. The van der Waals surface area contributed by atoms with Gasteiger partial charge in [0.25, 0.3) is 5.56 Å². The summed E-state index contributed by atoms with van der Waals surface area (Å²) in [4.78, 5) is 39.5. The Morgan fingerprint density at radius 3 is 2.60 bits per heavy atom. The number of nitrogens with zero attached hydrogens (tertiary/aromatic N) is 1. The van der Waals surface area contributed by atoms with Gasteiger partial charge in [-0.25, -0.2) is 8.78 Å². The van der Waals surface area contributed by atoms with E-state index >= 15 is 8.78 Å². The minimum absolute atomic E-state index is 0.0715. The summed E-state index contributed by atoms with van der Waals surface area (Å²) in [5, 5.41) is 12.5. The van der Waals surface area contributed by atoms with Gasteiger partial charge in [0.05, 0.1) is 24.1 Å². The summed E-state index contributed by atoms with van der Waals surface area (Å²) in [5.41, 5.74) is 1.52. The van der Waals surface area contributed by atoms with Crippen LogP contribution in [0.4, 0.5) is 8.78 Å². The second-order valence-electron chi connectivity index (χ2n) is 10.2. The molecular weight excluding hydrogens is 546 g/mol. The fourth-order valence-corrected chi connectivity index (χ4v) is 5.48. The van der Waals surface area contributed by atoms with Crippen molar-refractivity contribution in [2.75, 3.05) is 0 Å². The number of hydrogen-bond donors (Lipinski definition) is 2. The van der Waals surface area contributed by atoms with E-state index < -0.39 is 47.6 Å². The van der Waals surface area contributed by atoms with E-state index in [4.69, 9.17) is 9.15 Å². The number of carboxylic acid groups (broad SMARTS) is 1. The van der Waals surface area contributed by atoms with Crippen molar-refractivity contribution in [3.8, 4) is 22.6 Å². The molecule has 1 aliphatic rings. The first-order valence-electron chi connectivity index (χ1n) is 13.1. The fraction of sp³-hybridized carbons (Fsp3) is 0.156. The molecule has 42 heavy (non-hydrogen) atoms. The molecule has 0 saturated carbocycles. The number of nitrogens with one attached hydrogen (secondary N) is 1. The molecule has 5 aromatic rings. The minimum atomic E-state index is -1.61. The van der Waals surface area contributed by atoms with E-state index in [1.807, 2.05) is 13.0 Å². The Balaban J connectivity index is 1.65. The van der Waals surface area contributed by atoms with E-state index in [-0.39, 0.29) is 33.4 Å². The first-order chi connectivity index (χ1) is 20.1. The van der Waals surface area contributed by atoms with Crippen LogP contribution < -0.4 is 15.6 Å². The van der Waals surface area contributed by atoms with Crippen LogP contribution in [0.25, 0.3) is 22.1 Å². The topological polar surface area (TPSA) is 111 Å². The van der Waals surface area contributed by atoms with Crippen molar-refractivity contribution in [2.45, 2.75) is 32.4 Å². The number of aliphatic carboxylic acids is 1. The third-order valence-electron chi connectivity index (χ3n) is 7.44. The first-order valence-corrected chi connectivity index (χ1v) is 13.1. The van der Waals surface area contributed by atoms with Gasteiger partial charge in [0, 0.05) is 22.9 Å². The molecule has 0 fully saturated rings. The molecule has 6 rings (SSSR count). The highest BCUT2D eigenvalue weighted by Gasteiger charge is 2.32. The number of aryl methyl sites for hydroxylation is 2. The summed E-state index contributed by atoms with van der Waals surface area (Å²) in [6.45, 7) is 3.39. The molecule has 10 heteroatoms. The zero-order valence-electron chi connectivity index (χ0n) is 22.5. The van der Waals surface area contributed by atoms with Crippen molar-refractivity contribution in [1.29, 1.82) is 0 Å². The van der Waals surface area contributed by atoms with Crippen LogP contribution in [-0.4, -0.2) is 21.6 Å². The monoisotopic (exact) mass is 570 g/mol. The van der Waals surface area contributed by atoms with E-state index in [1.54, 1.807) is 25.1 Å². The van der Waals surface area contributed by atoms with E-state index in [9.17, 15) is 19.5 Å². The number of aromatic nitrogens is 1. The summed E-state index contributed by atoms with van der Waals surface area (Å²) >= 11 is 0. The van der Waals surface area contributed by atoms with Crippen molar-refractivity contribution in [3.63, 3.8) is 0 Å². The number of pyridine rings is 1. The number of carbonyl (C=O) groups is 2. The maximum atomic E-state index is 15.7. The van der Waals surface area contributed by atoms with Crippen LogP contribution in [0.15, 0.2) is 82.3 Å². The lowest BCUT2D eigenvalue weighted by molar-refractivity contribution is -0.137. The fourth-order valence-electron chi connectivity index (χ4n) is 5.48. The van der Waals surface area contributed by atoms with Crippen LogP contribution in [0.2, 0.25) is 0 Å². The normalized spacial score (nSPS) is 16.4. The zero-order valence-corrected chi connectivity index (χ0v) is 22.5. The lowest BCUT2D eigenvalue weighted by Crippen LogP contribution is -2.40. The number of hydrogen-bond acceptors (Lipinski definition) is 5. The minimum Gasteiger partial charge on any atom is -0.481 e. The molecular formula is C32H24F2N2O6. The smallest absolute Gasteiger partial charge is 0.305 e. The number of ether oxygens (including phenoxy) is 1. The highest BCUT2D eigenvalue weighted by Crippen LogP contribution is 2.40. The van der Waals surface area contributed by atoms with Gasteiger partial charge in [-0.1, -0.05) is 12.1 Å². The van der Waals surface area contributed by atoms with Gasteiger partial charge in [0.15, 0.2) is 0 Å². The lowest BCUT2D eigenvalue weighted by atomic mass is 9.92. The Labute approximate surface area is 237 Å². The Hall–Kier alpha value is -5.25. The molecule has 2 aromatic heterocycles. The number of carbonyl (C=O) groups excluding carboxylic acids is 1. The van der Waals surface area contributed by atoms with Gasteiger partial charge in [0.1, 0.15) is 34.8 Å². The van der Waals surface area contributed by atoms with Crippen LogP contribution in [0, 0.1) is 25.5 Å². The van der Waals surface area contributed by atoms with Gasteiger partial charge in [0.2, 0.25) is 5.91 Å². The number of rotatable bonds is 3. The second kappa shape index (κ2) is 10.3. The molecule has 2 atom stereocenters. The maximum absolute atomic E-state index is 15.7. The van der Waals surface area contributed by atoms with Gasteiger partial charge in [-0.05, 0) is 79.1 Å². The summed E-state index contributed by atoms with van der Waals surface area (Å²) < 4.78 is 43.8. The largest absolute Gasteiger partial charge is 0.481 e. The molecule has 2 N–H and O–H groups in total. The Bertz CT molecular complexity index is 1960. The van der Waals surface area contributed by atoms with E-state index in [1.165, 1.54) is 42.8 Å². The molecule has 1 amide bonds. The summed E-state index contributed by atoms with van der Waals surface area (Å²) in [6, 6.07) is 12.2. The van der Waals surface area contributed by atoms with Crippen molar-refractivity contribution in [3.05, 3.63) is 117 Å². The Kier molecular flexibility index (Phi) is 6.61. The third-order valence-corrected chi connectivity index (χ3v) is 7.44. The number of halogens is 2. The third kappa shape index (κ3) is 4.60. The molecule has 1 aliphatic heterocycles. The number of benzene rings is 3. The molecule has 0 unspecified atom stereocenters. The van der Waals surface area contributed by atoms with Gasteiger partial charge >= 0.3 is 5.97 Å². The predicted molar refractivity (Wildman–Crippen MR) is 150 cm³/mol. The standard InChI is InChI=1S/C32H24F2N2O6/c1-16-4-3-5-26-28(16)18-12-17(2)29(34)22(13-18)24(15-27(37)38)35-31(39)30(21-14-19(42-26)6-7-23(21)33)36-10-8-25-20(32(36)40)9-11-41-25/h3-14,24,30H,15H2,1-2H3,(H,35,39)(H,37,38)/t24-,30+/m0/s1. The quantitative estimate of drug-likeness (QED) is 0.268. The first kappa shape index (κ1) is 26.9. The van der Waals surface area contributed by atoms with Crippen molar-refractivity contribution < 1.29 is 32.6 Å². The molecule has 0 aliphatic carbocycles. The van der Waals surface area contributed by atoms with Crippen LogP contribution in [-0.2, 0) is 9.59 Å². The molecule has 0 radical (unpaired) electrons. The summed E-state index contributed by atoms with van der Waals surface area (Å²) in [7, 11) is 0. The van der Waals surface area contributed by atoms with Crippen LogP contribution in [0.1, 0.15) is 40.8 Å². The van der Waals surface area contributed by atoms with E-state index in [2.05, 4.69) is 5.32 Å². The van der Waals surface area contributed by atoms with Gasteiger partial charge in [-0.15, -0.1) is 0 Å². The Morgan fingerprint density at radius 2 is 1.81 bits per heavy atom.